The molecule has 0 saturated heterocycles. The van der Waals surface area contributed by atoms with E-state index >= 15 is 0 Å². The van der Waals surface area contributed by atoms with E-state index in [2.05, 4.69) is 4.98 Å². The maximum atomic E-state index is 12.3. The van der Waals surface area contributed by atoms with Crippen molar-refractivity contribution in [3.8, 4) is 0 Å². The number of Topliss-reactive ketones (excluding diaryl/α,β-unsaturated/α-hetero) is 1. The number of benzene rings is 1. The summed E-state index contributed by atoms with van der Waals surface area (Å²) in [4.78, 5) is 17.4. The highest BCUT2D eigenvalue weighted by Crippen LogP contribution is 2.27. The molecule has 0 N–H and O–H groups in total. The van der Waals surface area contributed by atoms with Gasteiger partial charge in [0.1, 0.15) is 0 Å². The van der Waals surface area contributed by atoms with Crippen molar-refractivity contribution in [1.29, 1.82) is 0 Å². The van der Waals surface area contributed by atoms with Crippen molar-refractivity contribution in [3.63, 3.8) is 0 Å². The SMILES string of the molecule is CCC(Sc1ccncc1)C(=O)c1ccccc1. The fourth-order valence-corrected chi connectivity index (χ4v) is 2.71. The van der Waals surface area contributed by atoms with Gasteiger partial charge in [0.15, 0.2) is 5.78 Å². The van der Waals surface area contributed by atoms with Crippen molar-refractivity contribution >= 4 is 17.5 Å². The van der Waals surface area contributed by atoms with Gasteiger partial charge in [0.2, 0.25) is 0 Å². The summed E-state index contributed by atoms with van der Waals surface area (Å²) in [5.41, 5.74) is 0.783. The molecule has 92 valence electrons. The van der Waals surface area contributed by atoms with Gasteiger partial charge in [-0.15, -0.1) is 11.8 Å². The van der Waals surface area contributed by atoms with Gasteiger partial charge < -0.3 is 0 Å². The number of thioether (sulfide) groups is 1. The second-order valence-corrected chi connectivity index (χ2v) is 5.20. The second-order valence-electron chi connectivity index (χ2n) is 3.93. The van der Waals surface area contributed by atoms with Crippen LogP contribution in [0.4, 0.5) is 0 Å². The Bertz CT molecular complexity index is 498. The van der Waals surface area contributed by atoms with E-state index in [0.29, 0.717) is 0 Å². The highest BCUT2D eigenvalue weighted by Gasteiger charge is 2.19. The van der Waals surface area contributed by atoms with E-state index in [9.17, 15) is 4.79 Å². The highest BCUT2D eigenvalue weighted by atomic mass is 32.2. The second kappa shape index (κ2) is 6.36. The van der Waals surface area contributed by atoms with Gasteiger partial charge in [0.25, 0.3) is 0 Å². The lowest BCUT2D eigenvalue weighted by atomic mass is 10.1. The lowest BCUT2D eigenvalue weighted by Gasteiger charge is -2.13. The number of hydrogen-bond acceptors (Lipinski definition) is 3. The normalized spacial score (nSPS) is 12.1. The van der Waals surface area contributed by atoms with Gasteiger partial charge in [-0.05, 0) is 18.6 Å². The molecule has 0 aliphatic rings. The zero-order chi connectivity index (χ0) is 12.8. The number of hydrogen-bond donors (Lipinski definition) is 0. The number of aromatic nitrogens is 1. The van der Waals surface area contributed by atoms with Crippen molar-refractivity contribution in [1.82, 2.24) is 4.98 Å². The maximum absolute atomic E-state index is 12.3. The van der Waals surface area contributed by atoms with Crippen LogP contribution in [0.5, 0.6) is 0 Å². The fourth-order valence-electron chi connectivity index (χ4n) is 1.69. The van der Waals surface area contributed by atoms with E-state index in [1.807, 2.05) is 49.4 Å². The third kappa shape index (κ3) is 3.20. The summed E-state index contributed by atoms with van der Waals surface area (Å²) >= 11 is 1.60. The standard InChI is InChI=1S/C15H15NOS/c1-2-14(18-13-8-10-16-11-9-13)15(17)12-6-4-3-5-7-12/h3-11,14H,2H2,1H3. The molecule has 0 saturated carbocycles. The van der Waals surface area contributed by atoms with Crippen LogP contribution in [0.25, 0.3) is 0 Å². The predicted molar refractivity (Wildman–Crippen MR) is 74.9 cm³/mol. The van der Waals surface area contributed by atoms with Crippen LogP contribution in [-0.2, 0) is 0 Å². The third-order valence-electron chi connectivity index (χ3n) is 2.65. The van der Waals surface area contributed by atoms with Crippen LogP contribution < -0.4 is 0 Å². The average molecular weight is 257 g/mol. The number of carbonyl (C=O) groups excluding carboxylic acids is 1. The molecule has 18 heavy (non-hydrogen) atoms. The topological polar surface area (TPSA) is 30.0 Å². The Morgan fingerprint density at radius 1 is 1.17 bits per heavy atom. The van der Waals surface area contributed by atoms with Crippen LogP contribution in [0.1, 0.15) is 23.7 Å². The lowest BCUT2D eigenvalue weighted by molar-refractivity contribution is 0.0988. The Balaban J connectivity index is 2.12. The number of pyridine rings is 1. The van der Waals surface area contributed by atoms with Crippen LogP contribution in [0, 0.1) is 0 Å². The first-order valence-corrected chi connectivity index (χ1v) is 6.85. The summed E-state index contributed by atoms with van der Waals surface area (Å²) in [6.45, 7) is 2.04. The number of nitrogens with zero attached hydrogens (tertiary/aromatic N) is 1. The van der Waals surface area contributed by atoms with Crippen molar-refractivity contribution in [2.24, 2.45) is 0 Å². The largest absolute Gasteiger partial charge is 0.293 e. The molecule has 0 radical (unpaired) electrons. The molecule has 0 bridgehead atoms. The van der Waals surface area contributed by atoms with E-state index in [1.165, 1.54) is 0 Å². The Hall–Kier alpha value is -1.61. The molecule has 0 aliphatic carbocycles. The van der Waals surface area contributed by atoms with E-state index in [0.717, 1.165) is 16.9 Å². The Kier molecular flexibility index (Phi) is 4.53. The molecule has 0 amide bonds. The Morgan fingerprint density at radius 3 is 2.44 bits per heavy atom. The van der Waals surface area contributed by atoms with E-state index < -0.39 is 0 Å². The summed E-state index contributed by atoms with van der Waals surface area (Å²) < 4.78 is 0. The first kappa shape index (κ1) is 12.8. The van der Waals surface area contributed by atoms with Crippen molar-refractivity contribution < 1.29 is 4.79 Å². The van der Waals surface area contributed by atoms with Crippen LogP contribution in [0.2, 0.25) is 0 Å². The average Bonchev–Trinajstić information content (AvgIpc) is 2.46. The fraction of sp³-hybridized carbons (Fsp3) is 0.200. The maximum Gasteiger partial charge on any atom is 0.176 e. The molecular weight excluding hydrogens is 242 g/mol. The molecule has 1 atom stereocenters. The van der Waals surface area contributed by atoms with E-state index in [4.69, 9.17) is 0 Å². The Morgan fingerprint density at radius 2 is 1.83 bits per heavy atom. The molecule has 3 heteroatoms. The lowest BCUT2D eigenvalue weighted by Crippen LogP contribution is -2.16. The highest BCUT2D eigenvalue weighted by molar-refractivity contribution is 8.00. The predicted octanol–water partition coefficient (Wildman–Crippen LogP) is 3.84. The zero-order valence-electron chi connectivity index (χ0n) is 10.2. The smallest absolute Gasteiger partial charge is 0.176 e. The molecule has 1 heterocycles. The first-order chi connectivity index (χ1) is 8.81. The molecule has 0 spiro atoms. The summed E-state index contributed by atoms with van der Waals surface area (Å²) in [5, 5.41) is -0.0326. The van der Waals surface area contributed by atoms with Gasteiger partial charge in [-0.25, -0.2) is 0 Å². The van der Waals surface area contributed by atoms with Crippen LogP contribution >= 0.6 is 11.8 Å². The Labute approximate surface area is 111 Å². The van der Waals surface area contributed by atoms with E-state index in [-0.39, 0.29) is 11.0 Å². The van der Waals surface area contributed by atoms with Crippen molar-refractivity contribution in [2.75, 3.05) is 0 Å². The number of carbonyl (C=O) groups is 1. The third-order valence-corrected chi connectivity index (χ3v) is 4.03. The van der Waals surface area contributed by atoms with Gasteiger partial charge in [-0.2, -0.15) is 0 Å². The summed E-state index contributed by atoms with van der Waals surface area (Å²) in [5.74, 6) is 0.194. The van der Waals surface area contributed by atoms with Gasteiger partial charge >= 0.3 is 0 Å². The number of rotatable bonds is 5. The van der Waals surface area contributed by atoms with Gasteiger partial charge in [-0.3, -0.25) is 9.78 Å². The monoisotopic (exact) mass is 257 g/mol. The van der Waals surface area contributed by atoms with Crippen molar-refractivity contribution in [2.45, 2.75) is 23.5 Å². The molecule has 1 aromatic carbocycles. The summed E-state index contributed by atoms with van der Waals surface area (Å²) in [7, 11) is 0. The molecule has 0 aliphatic heterocycles. The zero-order valence-corrected chi connectivity index (χ0v) is 11.1. The van der Waals surface area contributed by atoms with Crippen LogP contribution in [0.3, 0.4) is 0 Å². The van der Waals surface area contributed by atoms with Gasteiger partial charge in [0.05, 0.1) is 5.25 Å². The molecule has 2 rings (SSSR count). The molecule has 2 nitrogen and oxygen atoms in total. The van der Waals surface area contributed by atoms with E-state index in [1.54, 1.807) is 24.2 Å². The molecule has 1 unspecified atom stereocenters. The quantitative estimate of drug-likeness (QED) is 0.602. The number of ketones is 1. The minimum Gasteiger partial charge on any atom is -0.293 e. The van der Waals surface area contributed by atoms with Crippen LogP contribution in [0.15, 0.2) is 59.8 Å². The minimum absolute atomic E-state index is 0.0326. The molecule has 2 aromatic rings. The van der Waals surface area contributed by atoms with Gasteiger partial charge in [-0.1, -0.05) is 37.3 Å². The molecular formula is C15H15NOS. The summed E-state index contributed by atoms with van der Waals surface area (Å²) in [6.07, 6.45) is 4.32. The molecule has 1 aromatic heterocycles. The van der Waals surface area contributed by atoms with Crippen molar-refractivity contribution in [3.05, 3.63) is 60.4 Å². The first-order valence-electron chi connectivity index (χ1n) is 5.97. The minimum atomic E-state index is -0.0326. The van der Waals surface area contributed by atoms with Crippen LogP contribution in [-0.4, -0.2) is 16.0 Å². The molecule has 0 fully saturated rings. The van der Waals surface area contributed by atoms with Gasteiger partial charge in [0, 0.05) is 22.9 Å². The summed E-state index contributed by atoms with van der Waals surface area (Å²) in [6, 6.07) is 13.3.